The van der Waals surface area contributed by atoms with Crippen molar-refractivity contribution < 1.29 is 9.53 Å². The van der Waals surface area contributed by atoms with Gasteiger partial charge in [0.1, 0.15) is 6.29 Å². The Balaban J connectivity index is 2.21. The molecule has 0 saturated carbocycles. The van der Waals surface area contributed by atoms with E-state index in [2.05, 4.69) is 5.32 Å². The van der Waals surface area contributed by atoms with Crippen LogP contribution in [0.5, 0.6) is 0 Å². The van der Waals surface area contributed by atoms with Crippen LogP contribution in [0, 0.1) is 0 Å². The van der Waals surface area contributed by atoms with E-state index in [0.29, 0.717) is 6.42 Å². The van der Waals surface area contributed by atoms with Crippen LogP contribution in [-0.2, 0) is 9.53 Å². The topological polar surface area (TPSA) is 38.3 Å². The van der Waals surface area contributed by atoms with Gasteiger partial charge < -0.3 is 14.8 Å². The van der Waals surface area contributed by atoms with Crippen molar-refractivity contribution in [3.8, 4) is 0 Å². The molecule has 0 aromatic carbocycles. The first-order valence-corrected chi connectivity index (χ1v) is 3.69. The van der Waals surface area contributed by atoms with Crippen LogP contribution in [0.3, 0.4) is 0 Å². The van der Waals surface area contributed by atoms with Gasteiger partial charge >= 0.3 is 0 Å². The van der Waals surface area contributed by atoms with Gasteiger partial charge in [0.2, 0.25) is 0 Å². The van der Waals surface area contributed by atoms with E-state index in [0.717, 1.165) is 32.4 Å². The quantitative estimate of drug-likeness (QED) is 0.551. The molecule has 0 bridgehead atoms. The average molecular weight is 143 g/mol. The summed E-state index contributed by atoms with van der Waals surface area (Å²) in [6, 6.07) is 0. The summed E-state index contributed by atoms with van der Waals surface area (Å²) in [5.74, 6) is 0. The summed E-state index contributed by atoms with van der Waals surface area (Å²) in [5.41, 5.74) is 0. The summed E-state index contributed by atoms with van der Waals surface area (Å²) >= 11 is 0. The van der Waals surface area contributed by atoms with Crippen molar-refractivity contribution in [1.29, 1.82) is 0 Å². The highest BCUT2D eigenvalue weighted by Gasteiger charge is 2.10. The normalized spacial score (nSPS) is 27.4. The molecule has 0 radical (unpaired) electrons. The summed E-state index contributed by atoms with van der Waals surface area (Å²) in [4.78, 5) is 10.1. The summed E-state index contributed by atoms with van der Waals surface area (Å²) in [6.45, 7) is 2.61. The Morgan fingerprint density at radius 2 is 2.60 bits per heavy atom. The Kier molecular flexibility index (Phi) is 3.40. The fourth-order valence-electron chi connectivity index (χ4n) is 1.03. The molecular formula is C7H13NO2. The summed E-state index contributed by atoms with van der Waals surface area (Å²) in [7, 11) is 0. The molecule has 1 heterocycles. The van der Waals surface area contributed by atoms with Crippen LogP contribution in [0.15, 0.2) is 0 Å². The van der Waals surface area contributed by atoms with Gasteiger partial charge in [0.15, 0.2) is 0 Å². The standard InChI is InChI=1S/C7H13NO2/c9-4-2-7-6-8-3-1-5-10-7/h4,7-8H,1-3,5-6H2. The SMILES string of the molecule is O=CCC1CNCCCO1. The second kappa shape index (κ2) is 4.41. The summed E-state index contributed by atoms with van der Waals surface area (Å²) < 4.78 is 5.35. The molecule has 0 aromatic rings. The van der Waals surface area contributed by atoms with E-state index < -0.39 is 0 Å². The minimum absolute atomic E-state index is 0.111. The van der Waals surface area contributed by atoms with Crippen LogP contribution in [0.2, 0.25) is 0 Å². The third-order valence-electron chi connectivity index (χ3n) is 1.58. The van der Waals surface area contributed by atoms with Gasteiger partial charge in [-0.05, 0) is 13.0 Å². The van der Waals surface area contributed by atoms with Gasteiger partial charge in [-0.1, -0.05) is 0 Å². The van der Waals surface area contributed by atoms with E-state index in [1.54, 1.807) is 0 Å². The molecule has 0 aromatic heterocycles. The molecule has 3 nitrogen and oxygen atoms in total. The molecular weight excluding hydrogens is 130 g/mol. The van der Waals surface area contributed by atoms with E-state index >= 15 is 0 Å². The van der Waals surface area contributed by atoms with Gasteiger partial charge in [-0.2, -0.15) is 0 Å². The van der Waals surface area contributed by atoms with E-state index in [1.165, 1.54) is 0 Å². The first-order valence-electron chi connectivity index (χ1n) is 3.69. The monoisotopic (exact) mass is 143 g/mol. The molecule has 1 atom stereocenters. The van der Waals surface area contributed by atoms with E-state index in [-0.39, 0.29) is 6.10 Å². The van der Waals surface area contributed by atoms with Gasteiger partial charge in [-0.15, -0.1) is 0 Å². The Morgan fingerprint density at radius 1 is 1.70 bits per heavy atom. The first kappa shape index (κ1) is 7.69. The lowest BCUT2D eigenvalue weighted by Crippen LogP contribution is -2.26. The lowest BCUT2D eigenvalue weighted by atomic mass is 10.3. The molecule has 1 fully saturated rings. The second-order valence-corrected chi connectivity index (χ2v) is 2.45. The number of hydrogen-bond donors (Lipinski definition) is 1. The van der Waals surface area contributed by atoms with Crippen molar-refractivity contribution in [2.24, 2.45) is 0 Å². The third-order valence-corrected chi connectivity index (χ3v) is 1.58. The maximum Gasteiger partial charge on any atom is 0.122 e. The molecule has 0 amide bonds. The van der Waals surface area contributed by atoms with Crippen LogP contribution >= 0.6 is 0 Å². The molecule has 10 heavy (non-hydrogen) atoms. The molecule has 3 heteroatoms. The highest BCUT2D eigenvalue weighted by atomic mass is 16.5. The number of nitrogens with one attached hydrogen (secondary N) is 1. The van der Waals surface area contributed by atoms with Crippen LogP contribution < -0.4 is 5.32 Å². The lowest BCUT2D eigenvalue weighted by molar-refractivity contribution is -0.110. The zero-order valence-electron chi connectivity index (χ0n) is 6.01. The average Bonchev–Trinajstić information content (AvgIpc) is 2.17. The van der Waals surface area contributed by atoms with Crippen LogP contribution in [0.1, 0.15) is 12.8 Å². The van der Waals surface area contributed by atoms with Crippen LogP contribution in [-0.4, -0.2) is 32.1 Å². The Bertz CT molecular complexity index is 97.8. The molecule has 1 aliphatic rings. The molecule has 1 rings (SSSR count). The summed E-state index contributed by atoms with van der Waals surface area (Å²) in [6.07, 6.45) is 2.60. The zero-order valence-corrected chi connectivity index (χ0v) is 6.01. The Labute approximate surface area is 60.7 Å². The lowest BCUT2D eigenvalue weighted by Gasteiger charge is -2.10. The van der Waals surface area contributed by atoms with Crippen molar-refractivity contribution in [3.63, 3.8) is 0 Å². The predicted molar refractivity (Wildman–Crippen MR) is 37.9 cm³/mol. The maximum atomic E-state index is 10.1. The van der Waals surface area contributed by atoms with Crippen molar-refractivity contribution >= 4 is 6.29 Å². The largest absolute Gasteiger partial charge is 0.376 e. The molecule has 1 saturated heterocycles. The van der Waals surface area contributed by atoms with Crippen molar-refractivity contribution in [3.05, 3.63) is 0 Å². The number of aldehydes is 1. The fourth-order valence-corrected chi connectivity index (χ4v) is 1.03. The number of rotatable bonds is 2. The number of carbonyl (C=O) groups is 1. The summed E-state index contributed by atoms with van der Waals surface area (Å²) in [5, 5.41) is 3.20. The molecule has 1 unspecified atom stereocenters. The van der Waals surface area contributed by atoms with Crippen molar-refractivity contribution in [1.82, 2.24) is 5.32 Å². The number of ether oxygens (including phenoxy) is 1. The van der Waals surface area contributed by atoms with Gasteiger partial charge in [-0.3, -0.25) is 0 Å². The predicted octanol–water partition coefficient (Wildman–Crippen LogP) is -0.0461. The minimum atomic E-state index is 0.111. The highest BCUT2D eigenvalue weighted by Crippen LogP contribution is 1.99. The minimum Gasteiger partial charge on any atom is -0.376 e. The van der Waals surface area contributed by atoms with Crippen LogP contribution in [0.25, 0.3) is 0 Å². The number of hydrogen-bond acceptors (Lipinski definition) is 3. The maximum absolute atomic E-state index is 10.1. The van der Waals surface area contributed by atoms with E-state index in [9.17, 15) is 4.79 Å². The molecule has 0 aliphatic carbocycles. The van der Waals surface area contributed by atoms with Crippen molar-refractivity contribution in [2.75, 3.05) is 19.7 Å². The molecule has 1 N–H and O–H groups in total. The number of carbonyl (C=O) groups excluding carboxylic acids is 1. The molecule has 0 spiro atoms. The van der Waals surface area contributed by atoms with Crippen LogP contribution in [0.4, 0.5) is 0 Å². The van der Waals surface area contributed by atoms with Gasteiger partial charge in [0.25, 0.3) is 0 Å². The van der Waals surface area contributed by atoms with Gasteiger partial charge in [0.05, 0.1) is 6.10 Å². The van der Waals surface area contributed by atoms with Gasteiger partial charge in [0, 0.05) is 19.6 Å². The molecule has 1 aliphatic heterocycles. The first-order chi connectivity index (χ1) is 4.93. The van der Waals surface area contributed by atoms with E-state index in [1.807, 2.05) is 0 Å². The Morgan fingerprint density at radius 3 is 3.40 bits per heavy atom. The molecule has 58 valence electrons. The van der Waals surface area contributed by atoms with Crippen molar-refractivity contribution in [2.45, 2.75) is 18.9 Å². The Hall–Kier alpha value is -0.410. The van der Waals surface area contributed by atoms with E-state index in [4.69, 9.17) is 4.74 Å². The van der Waals surface area contributed by atoms with Gasteiger partial charge in [-0.25, -0.2) is 0 Å². The zero-order chi connectivity index (χ0) is 7.23. The fraction of sp³-hybridized carbons (Fsp3) is 0.857. The third kappa shape index (κ3) is 2.45. The highest BCUT2D eigenvalue weighted by molar-refractivity contribution is 5.50. The smallest absolute Gasteiger partial charge is 0.122 e. The second-order valence-electron chi connectivity index (χ2n) is 2.45.